The average molecular weight is 338 g/mol. The van der Waals surface area contributed by atoms with E-state index in [0.29, 0.717) is 18.8 Å². The molecule has 24 heavy (non-hydrogen) atoms. The average Bonchev–Trinajstić information content (AvgIpc) is 2.90. The molecule has 6 heteroatoms. The van der Waals surface area contributed by atoms with Crippen LogP contribution in [-0.2, 0) is 13.1 Å². The number of azo groups is 1. The van der Waals surface area contributed by atoms with Crippen LogP contribution in [0.3, 0.4) is 0 Å². The van der Waals surface area contributed by atoms with Crippen molar-refractivity contribution in [1.82, 2.24) is 9.88 Å². The Labute approximate surface area is 145 Å². The van der Waals surface area contributed by atoms with Crippen molar-refractivity contribution in [2.45, 2.75) is 20.0 Å². The molecule has 3 rings (SSSR count). The van der Waals surface area contributed by atoms with Crippen LogP contribution in [0.4, 0.5) is 5.69 Å². The van der Waals surface area contributed by atoms with Crippen LogP contribution >= 0.6 is 12.2 Å². The number of nitrogens with zero attached hydrogens (tertiary/aromatic N) is 3. The molecular formula is C18H18N4OS. The second kappa shape index (κ2) is 7.23. The molecule has 0 bridgehead atoms. The van der Waals surface area contributed by atoms with E-state index in [2.05, 4.69) is 15.5 Å². The summed E-state index contributed by atoms with van der Waals surface area (Å²) in [6.45, 7) is 3.21. The van der Waals surface area contributed by atoms with Crippen molar-refractivity contribution in [2.24, 2.45) is 10.2 Å². The minimum atomic E-state index is 0.105. The maximum absolute atomic E-state index is 10.4. The molecule has 0 aliphatic carbocycles. The zero-order chi connectivity index (χ0) is 16.9. The third kappa shape index (κ3) is 3.28. The molecule has 3 aromatic rings. The molecule has 0 saturated heterocycles. The number of fused-ring (bicyclic) bond motifs is 1. The maximum Gasteiger partial charge on any atom is 0.220 e. The number of para-hydroxylation sites is 1. The molecule has 0 spiro atoms. The molecule has 0 aliphatic heterocycles. The SMILES string of the molecule is CCn1c(O)c(N=NC(=S)NCc2ccccc2)c2ccccc21. The Morgan fingerprint density at radius 1 is 1.12 bits per heavy atom. The largest absolute Gasteiger partial charge is 0.493 e. The van der Waals surface area contributed by atoms with E-state index in [-0.39, 0.29) is 11.0 Å². The predicted octanol–water partition coefficient (Wildman–Crippen LogP) is 4.53. The fourth-order valence-corrected chi connectivity index (χ4v) is 2.71. The van der Waals surface area contributed by atoms with Gasteiger partial charge in [-0.3, -0.25) is 0 Å². The Morgan fingerprint density at radius 3 is 2.58 bits per heavy atom. The summed E-state index contributed by atoms with van der Waals surface area (Å²) in [5, 5.41) is 22.8. The fourth-order valence-electron chi connectivity index (χ4n) is 2.59. The van der Waals surface area contributed by atoms with E-state index in [4.69, 9.17) is 12.2 Å². The predicted molar refractivity (Wildman–Crippen MR) is 99.7 cm³/mol. The molecule has 2 N–H and O–H groups in total. The van der Waals surface area contributed by atoms with Crippen molar-refractivity contribution < 1.29 is 5.11 Å². The fraction of sp³-hybridized carbons (Fsp3) is 0.167. The highest BCUT2D eigenvalue weighted by Gasteiger charge is 2.15. The molecule has 0 atom stereocenters. The number of rotatable bonds is 4. The Morgan fingerprint density at radius 2 is 1.83 bits per heavy atom. The first kappa shape index (κ1) is 16.1. The minimum Gasteiger partial charge on any atom is -0.493 e. The van der Waals surface area contributed by atoms with Crippen LogP contribution in [0.25, 0.3) is 10.9 Å². The van der Waals surface area contributed by atoms with Gasteiger partial charge in [0.15, 0.2) is 5.69 Å². The highest BCUT2D eigenvalue weighted by molar-refractivity contribution is 7.80. The van der Waals surface area contributed by atoms with Crippen molar-refractivity contribution >= 4 is 33.9 Å². The number of aryl methyl sites for hydroxylation is 1. The first-order chi connectivity index (χ1) is 11.7. The summed E-state index contributed by atoms with van der Waals surface area (Å²) < 4.78 is 1.80. The van der Waals surface area contributed by atoms with Crippen LogP contribution in [0, 0.1) is 0 Å². The van der Waals surface area contributed by atoms with Crippen LogP contribution in [0.5, 0.6) is 5.88 Å². The van der Waals surface area contributed by atoms with E-state index in [1.807, 2.05) is 61.5 Å². The smallest absolute Gasteiger partial charge is 0.220 e. The molecule has 0 fully saturated rings. The summed E-state index contributed by atoms with van der Waals surface area (Å²) in [4.78, 5) is 0. The number of aromatic hydroxyl groups is 1. The second-order valence-electron chi connectivity index (χ2n) is 5.28. The number of thiocarbonyl (C=S) groups is 1. The van der Waals surface area contributed by atoms with E-state index in [0.717, 1.165) is 16.5 Å². The lowest BCUT2D eigenvalue weighted by atomic mass is 10.2. The molecule has 2 aromatic carbocycles. The lowest BCUT2D eigenvalue weighted by Crippen LogP contribution is -2.18. The topological polar surface area (TPSA) is 61.9 Å². The van der Waals surface area contributed by atoms with Gasteiger partial charge in [-0.15, -0.1) is 10.2 Å². The first-order valence-electron chi connectivity index (χ1n) is 7.74. The van der Waals surface area contributed by atoms with Crippen LogP contribution in [-0.4, -0.2) is 14.8 Å². The molecule has 122 valence electrons. The lowest BCUT2D eigenvalue weighted by Gasteiger charge is -2.03. The van der Waals surface area contributed by atoms with Crippen molar-refractivity contribution in [1.29, 1.82) is 0 Å². The number of hydrogen-bond acceptors (Lipinski definition) is 3. The van der Waals surface area contributed by atoms with Gasteiger partial charge in [0.05, 0.1) is 5.52 Å². The summed E-state index contributed by atoms with van der Waals surface area (Å²) in [7, 11) is 0. The van der Waals surface area contributed by atoms with Crippen molar-refractivity contribution in [3.8, 4) is 5.88 Å². The minimum absolute atomic E-state index is 0.105. The van der Waals surface area contributed by atoms with Crippen LogP contribution in [0.15, 0.2) is 64.8 Å². The van der Waals surface area contributed by atoms with Gasteiger partial charge in [-0.2, -0.15) is 0 Å². The number of aromatic nitrogens is 1. The van der Waals surface area contributed by atoms with Crippen molar-refractivity contribution in [2.75, 3.05) is 0 Å². The van der Waals surface area contributed by atoms with E-state index in [1.54, 1.807) is 4.57 Å². The van der Waals surface area contributed by atoms with Gasteiger partial charge in [0.2, 0.25) is 11.0 Å². The van der Waals surface area contributed by atoms with E-state index < -0.39 is 0 Å². The summed E-state index contributed by atoms with van der Waals surface area (Å²) in [5.74, 6) is 0.105. The summed E-state index contributed by atoms with van der Waals surface area (Å²) in [6.07, 6.45) is 0. The standard InChI is InChI=1S/C18H18N4OS/c1-2-22-15-11-7-6-10-14(15)16(17(22)23)20-21-18(24)19-12-13-8-4-3-5-9-13/h3-11,23H,2,12H2,1H3,(H,19,24). The monoisotopic (exact) mass is 338 g/mol. The maximum atomic E-state index is 10.4. The Bertz CT molecular complexity index is 887. The molecular weight excluding hydrogens is 320 g/mol. The zero-order valence-electron chi connectivity index (χ0n) is 13.3. The van der Waals surface area contributed by atoms with Crippen LogP contribution < -0.4 is 5.32 Å². The van der Waals surface area contributed by atoms with Gasteiger partial charge in [0.25, 0.3) is 0 Å². The number of nitrogens with one attached hydrogen (secondary N) is 1. The second-order valence-corrected chi connectivity index (χ2v) is 5.66. The van der Waals surface area contributed by atoms with Crippen molar-refractivity contribution in [3.05, 3.63) is 60.2 Å². The Balaban J connectivity index is 1.78. The first-order valence-corrected chi connectivity index (χ1v) is 8.15. The van der Waals surface area contributed by atoms with Gasteiger partial charge in [-0.05, 0) is 30.8 Å². The molecule has 0 unspecified atom stereocenters. The third-order valence-electron chi connectivity index (χ3n) is 3.76. The number of benzene rings is 2. The van der Waals surface area contributed by atoms with E-state index in [1.165, 1.54) is 0 Å². The molecule has 0 aliphatic rings. The number of hydrogen-bond donors (Lipinski definition) is 2. The van der Waals surface area contributed by atoms with Gasteiger partial charge in [-0.25, -0.2) is 0 Å². The third-order valence-corrected chi connectivity index (χ3v) is 3.99. The van der Waals surface area contributed by atoms with E-state index >= 15 is 0 Å². The van der Waals surface area contributed by atoms with Crippen molar-refractivity contribution in [3.63, 3.8) is 0 Å². The zero-order valence-corrected chi connectivity index (χ0v) is 14.1. The summed E-state index contributed by atoms with van der Waals surface area (Å²) in [6, 6.07) is 17.6. The highest BCUT2D eigenvalue weighted by Crippen LogP contribution is 2.38. The summed E-state index contributed by atoms with van der Waals surface area (Å²) in [5.41, 5.74) is 2.48. The molecule has 0 saturated carbocycles. The molecule has 0 radical (unpaired) electrons. The highest BCUT2D eigenvalue weighted by atomic mass is 32.1. The van der Waals surface area contributed by atoms with Crippen LogP contribution in [0.1, 0.15) is 12.5 Å². The molecule has 1 aromatic heterocycles. The normalized spacial score (nSPS) is 11.2. The van der Waals surface area contributed by atoms with Gasteiger partial charge < -0.3 is 15.0 Å². The van der Waals surface area contributed by atoms with Gasteiger partial charge >= 0.3 is 0 Å². The quantitative estimate of drug-likeness (QED) is 0.543. The van der Waals surface area contributed by atoms with Gasteiger partial charge in [-0.1, -0.05) is 48.5 Å². The molecule has 0 amide bonds. The van der Waals surface area contributed by atoms with Crippen LogP contribution in [0.2, 0.25) is 0 Å². The van der Waals surface area contributed by atoms with Gasteiger partial charge in [0, 0.05) is 18.5 Å². The van der Waals surface area contributed by atoms with E-state index in [9.17, 15) is 5.11 Å². The molecule has 5 nitrogen and oxygen atoms in total. The lowest BCUT2D eigenvalue weighted by molar-refractivity contribution is 0.427. The summed E-state index contributed by atoms with van der Waals surface area (Å²) >= 11 is 5.19. The molecule has 1 heterocycles. The Kier molecular flexibility index (Phi) is 4.86. The Hall–Kier alpha value is -2.73. The van der Waals surface area contributed by atoms with Gasteiger partial charge in [0.1, 0.15) is 0 Å².